The predicted octanol–water partition coefficient (Wildman–Crippen LogP) is 4.10. The maximum absolute atomic E-state index is 13.3. The highest BCUT2D eigenvalue weighted by atomic mass is 35.5. The van der Waals surface area contributed by atoms with Crippen LogP contribution in [-0.2, 0) is 6.42 Å². The number of nitrogens with zero attached hydrogens (tertiary/aromatic N) is 2. The van der Waals surface area contributed by atoms with Gasteiger partial charge in [-0.05, 0) is 43.7 Å². The van der Waals surface area contributed by atoms with Crippen molar-refractivity contribution in [2.75, 3.05) is 11.4 Å². The molecule has 0 saturated carbocycles. The summed E-state index contributed by atoms with van der Waals surface area (Å²) in [4.78, 5) is 18.3. The van der Waals surface area contributed by atoms with Gasteiger partial charge in [-0.1, -0.05) is 24.6 Å². The number of carbonyl (C=O) groups is 1. The lowest BCUT2D eigenvalue weighted by molar-refractivity contribution is 0.0988. The van der Waals surface area contributed by atoms with Crippen LogP contribution in [0.4, 0.5) is 10.1 Å². The van der Waals surface area contributed by atoms with E-state index in [4.69, 9.17) is 11.6 Å². The zero-order valence-electron chi connectivity index (χ0n) is 11.9. The van der Waals surface area contributed by atoms with Gasteiger partial charge >= 0.3 is 0 Å². The Bertz CT molecular complexity index is 660. The molecular formula is C16H16ClFN2O. The summed E-state index contributed by atoms with van der Waals surface area (Å²) in [5.41, 5.74) is 1.73. The van der Waals surface area contributed by atoms with Crippen molar-refractivity contribution in [1.82, 2.24) is 4.98 Å². The van der Waals surface area contributed by atoms with E-state index >= 15 is 0 Å². The Morgan fingerprint density at radius 2 is 2.05 bits per heavy atom. The van der Waals surface area contributed by atoms with E-state index in [0.29, 0.717) is 24.2 Å². The van der Waals surface area contributed by atoms with Gasteiger partial charge in [-0.3, -0.25) is 4.79 Å². The molecule has 0 atom stereocenters. The van der Waals surface area contributed by atoms with Gasteiger partial charge in [0.1, 0.15) is 11.0 Å². The Hall–Kier alpha value is -1.94. The number of aromatic nitrogens is 1. The highest BCUT2D eigenvalue weighted by molar-refractivity contribution is 6.29. The van der Waals surface area contributed by atoms with Gasteiger partial charge in [0.25, 0.3) is 5.91 Å². The largest absolute Gasteiger partial charge is 0.309 e. The van der Waals surface area contributed by atoms with Crippen molar-refractivity contribution in [3.63, 3.8) is 0 Å². The van der Waals surface area contributed by atoms with Crippen molar-refractivity contribution in [3.8, 4) is 0 Å². The molecule has 1 heterocycles. The lowest BCUT2D eigenvalue weighted by Gasteiger charge is -2.21. The maximum Gasteiger partial charge on any atom is 0.258 e. The van der Waals surface area contributed by atoms with Crippen molar-refractivity contribution in [3.05, 3.63) is 58.6 Å². The van der Waals surface area contributed by atoms with Crippen LogP contribution in [0.1, 0.15) is 29.9 Å². The van der Waals surface area contributed by atoms with Gasteiger partial charge in [-0.2, -0.15) is 0 Å². The third-order valence-electron chi connectivity index (χ3n) is 3.14. The monoisotopic (exact) mass is 306 g/mol. The molecule has 0 radical (unpaired) electrons. The van der Waals surface area contributed by atoms with E-state index in [1.165, 1.54) is 23.1 Å². The minimum absolute atomic E-state index is 0.220. The van der Waals surface area contributed by atoms with Crippen LogP contribution in [0.3, 0.4) is 0 Å². The molecular weight excluding hydrogens is 291 g/mol. The van der Waals surface area contributed by atoms with Crippen LogP contribution in [0, 0.1) is 5.82 Å². The summed E-state index contributed by atoms with van der Waals surface area (Å²) >= 11 is 5.95. The molecule has 5 heteroatoms. The molecule has 3 nitrogen and oxygen atoms in total. The van der Waals surface area contributed by atoms with E-state index in [0.717, 1.165) is 5.69 Å². The van der Waals surface area contributed by atoms with Gasteiger partial charge in [0.15, 0.2) is 0 Å². The van der Waals surface area contributed by atoms with Crippen molar-refractivity contribution in [1.29, 1.82) is 0 Å². The smallest absolute Gasteiger partial charge is 0.258 e. The highest BCUT2D eigenvalue weighted by Crippen LogP contribution is 2.20. The fourth-order valence-corrected chi connectivity index (χ4v) is 2.33. The normalized spacial score (nSPS) is 10.5. The lowest BCUT2D eigenvalue weighted by atomic mass is 10.1. The second-order valence-electron chi connectivity index (χ2n) is 4.55. The first-order valence-corrected chi connectivity index (χ1v) is 7.16. The molecule has 0 N–H and O–H groups in total. The third-order valence-corrected chi connectivity index (χ3v) is 3.33. The number of benzene rings is 1. The zero-order chi connectivity index (χ0) is 15.4. The van der Waals surface area contributed by atoms with Gasteiger partial charge in [0.05, 0.1) is 0 Å². The number of aryl methyl sites for hydroxylation is 1. The van der Waals surface area contributed by atoms with Gasteiger partial charge < -0.3 is 4.90 Å². The first-order chi connectivity index (χ1) is 10.0. The average Bonchev–Trinajstić information content (AvgIpc) is 2.47. The molecule has 110 valence electrons. The van der Waals surface area contributed by atoms with Crippen molar-refractivity contribution in [2.45, 2.75) is 20.3 Å². The maximum atomic E-state index is 13.3. The summed E-state index contributed by atoms with van der Waals surface area (Å²) in [5, 5.41) is 0.285. The van der Waals surface area contributed by atoms with E-state index in [-0.39, 0.29) is 16.9 Å². The van der Waals surface area contributed by atoms with E-state index in [1.807, 2.05) is 13.8 Å². The quantitative estimate of drug-likeness (QED) is 0.797. The number of halogens is 2. The Morgan fingerprint density at radius 1 is 1.29 bits per heavy atom. The Morgan fingerprint density at radius 3 is 2.67 bits per heavy atom. The van der Waals surface area contributed by atoms with Crippen molar-refractivity contribution < 1.29 is 9.18 Å². The molecule has 0 unspecified atom stereocenters. The summed E-state index contributed by atoms with van der Waals surface area (Å²) < 4.78 is 13.3. The SMILES string of the molecule is CCc1cc(C(=O)N(CC)c2cccc(F)c2)cc(Cl)n1. The van der Waals surface area contributed by atoms with Gasteiger partial charge in [-0.15, -0.1) is 0 Å². The van der Waals surface area contributed by atoms with Crippen molar-refractivity contribution in [2.24, 2.45) is 0 Å². The second-order valence-corrected chi connectivity index (χ2v) is 4.94. The predicted molar refractivity (Wildman–Crippen MR) is 82.4 cm³/mol. The molecule has 2 aromatic rings. The number of anilines is 1. The zero-order valence-corrected chi connectivity index (χ0v) is 12.7. The number of amides is 1. The first kappa shape index (κ1) is 15.4. The third kappa shape index (κ3) is 3.58. The molecule has 1 aromatic carbocycles. The van der Waals surface area contributed by atoms with Crippen LogP contribution < -0.4 is 4.90 Å². The number of rotatable bonds is 4. The van der Waals surface area contributed by atoms with Crippen LogP contribution >= 0.6 is 11.6 Å². The molecule has 21 heavy (non-hydrogen) atoms. The van der Waals surface area contributed by atoms with Crippen LogP contribution in [0.25, 0.3) is 0 Å². The van der Waals surface area contributed by atoms with Crippen LogP contribution in [0.15, 0.2) is 36.4 Å². The molecule has 0 spiro atoms. The van der Waals surface area contributed by atoms with Crippen molar-refractivity contribution >= 4 is 23.2 Å². The Kier molecular flexibility index (Phi) is 4.91. The molecule has 2 rings (SSSR count). The Labute approximate surface area is 128 Å². The van der Waals surface area contributed by atoms with Crippen LogP contribution in [0.5, 0.6) is 0 Å². The van der Waals surface area contributed by atoms with E-state index < -0.39 is 0 Å². The summed E-state index contributed by atoms with van der Waals surface area (Å²) in [5.74, 6) is -0.595. The second kappa shape index (κ2) is 6.68. The van der Waals surface area contributed by atoms with Gasteiger partial charge in [0.2, 0.25) is 0 Å². The first-order valence-electron chi connectivity index (χ1n) is 6.79. The number of pyridine rings is 1. The molecule has 1 aromatic heterocycles. The highest BCUT2D eigenvalue weighted by Gasteiger charge is 2.18. The molecule has 0 bridgehead atoms. The van der Waals surface area contributed by atoms with Crippen LogP contribution in [0.2, 0.25) is 5.15 Å². The summed E-state index contributed by atoms with van der Waals surface area (Å²) in [6.07, 6.45) is 0.687. The molecule has 0 aliphatic rings. The van der Waals surface area contributed by atoms with Crippen LogP contribution in [-0.4, -0.2) is 17.4 Å². The van der Waals surface area contributed by atoms with E-state index in [2.05, 4.69) is 4.98 Å². The molecule has 0 aliphatic heterocycles. The topological polar surface area (TPSA) is 33.2 Å². The summed E-state index contributed by atoms with van der Waals surface area (Å²) in [7, 11) is 0. The average molecular weight is 307 g/mol. The standard InChI is InChI=1S/C16H16ClFN2O/c1-3-13-8-11(9-15(17)19-13)16(21)20(4-2)14-7-5-6-12(18)10-14/h5-10H,3-4H2,1-2H3. The van der Waals surface area contributed by atoms with Gasteiger partial charge in [0, 0.05) is 23.5 Å². The van der Waals surface area contributed by atoms with E-state index in [9.17, 15) is 9.18 Å². The molecule has 0 saturated heterocycles. The summed E-state index contributed by atoms with van der Waals surface area (Å²) in [6, 6.07) is 9.22. The van der Waals surface area contributed by atoms with Gasteiger partial charge in [-0.25, -0.2) is 9.37 Å². The molecule has 0 fully saturated rings. The number of carbonyl (C=O) groups excluding carboxylic acids is 1. The minimum Gasteiger partial charge on any atom is -0.309 e. The summed E-state index contributed by atoms with van der Waals surface area (Å²) in [6.45, 7) is 4.22. The lowest BCUT2D eigenvalue weighted by Crippen LogP contribution is -2.30. The Balaban J connectivity index is 2.39. The number of hydrogen-bond donors (Lipinski definition) is 0. The number of hydrogen-bond acceptors (Lipinski definition) is 2. The fourth-order valence-electron chi connectivity index (χ4n) is 2.10. The fraction of sp³-hybridized carbons (Fsp3) is 0.250. The van der Waals surface area contributed by atoms with E-state index in [1.54, 1.807) is 18.2 Å². The molecule has 0 aliphatic carbocycles. The molecule has 1 amide bonds. The minimum atomic E-state index is -0.374.